The van der Waals surface area contributed by atoms with Crippen molar-refractivity contribution >= 4 is 5.91 Å². The molecule has 1 amide bonds. The van der Waals surface area contributed by atoms with E-state index in [-0.39, 0.29) is 17.1 Å². The van der Waals surface area contributed by atoms with Gasteiger partial charge in [-0.1, -0.05) is 6.58 Å². The molecule has 0 unspecified atom stereocenters. The van der Waals surface area contributed by atoms with Crippen molar-refractivity contribution in [1.29, 1.82) is 0 Å². The third-order valence-electron chi connectivity index (χ3n) is 0.201. The summed E-state index contributed by atoms with van der Waals surface area (Å²) in [5.41, 5.74) is 4.53. The van der Waals surface area contributed by atoms with Crippen LogP contribution in [0.25, 0.3) is 0 Å². The molecule has 0 heterocycles. The van der Waals surface area contributed by atoms with Crippen LogP contribution in [0.4, 0.5) is 0 Å². The third-order valence-corrected chi connectivity index (χ3v) is 0.201. The Labute approximate surface area is 46.9 Å². The summed E-state index contributed by atoms with van der Waals surface area (Å²) in [6.45, 7) is 3.09. The minimum absolute atomic E-state index is 0. The predicted octanol–water partition coefficient (Wildman–Crippen LogP) is -0.345. The van der Waals surface area contributed by atoms with Gasteiger partial charge in [0.1, 0.15) is 0 Å². The Morgan fingerprint density at radius 2 is 2.00 bits per heavy atom. The largest absolute Gasteiger partial charge is 0.366 e. The zero-order valence-electron chi connectivity index (χ0n) is 3.15. The molecule has 0 saturated carbocycles. The van der Waals surface area contributed by atoms with Crippen molar-refractivity contribution in [2.24, 2.45) is 5.73 Å². The van der Waals surface area contributed by atoms with Crippen LogP contribution in [0, 0.1) is 0 Å². The van der Waals surface area contributed by atoms with E-state index in [4.69, 9.17) is 0 Å². The summed E-state index contributed by atoms with van der Waals surface area (Å²) in [7, 11) is 0. The Hall–Kier alpha value is -0.271. The molecule has 0 aliphatic carbocycles. The molecule has 3 heteroatoms. The van der Waals surface area contributed by atoms with Crippen LogP contribution in [-0.2, 0) is 21.9 Å². The van der Waals surface area contributed by atoms with Gasteiger partial charge in [-0.05, 0) is 6.08 Å². The van der Waals surface area contributed by atoms with Gasteiger partial charge in [-0.3, -0.25) is 4.79 Å². The van der Waals surface area contributed by atoms with E-state index in [1.165, 1.54) is 0 Å². The molecule has 1 radical (unpaired) electrons. The average Bonchev–Trinajstić information content (AvgIpc) is 1.38. The second-order valence-corrected chi connectivity index (χ2v) is 0.606. The number of carbonyl (C=O) groups excluding carboxylic acids is 1. The molecule has 0 rings (SSSR count). The standard InChI is InChI=1S/C3H5NO.Mn/c1-2-3(4)5;/h2H,1H2,(H2,4,5);. The number of hydrogen-bond donors (Lipinski definition) is 1. The summed E-state index contributed by atoms with van der Waals surface area (Å²) in [5, 5.41) is 0. The van der Waals surface area contributed by atoms with E-state index in [2.05, 4.69) is 12.3 Å². The summed E-state index contributed by atoms with van der Waals surface area (Å²) in [6.07, 6.45) is 1.06. The van der Waals surface area contributed by atoms with Crippen LogP contribution in [-0.4, -0.2) is 5.91 Å². The van der Waals surface area contributed by atoms with Gasteiger partial charge in [-0.15, -0.1) is 0 Å². The van der Waals surface area contributed by atoms with Crippen molar-refractivity contribution in [2.75, 3.05) is 0 Å². The van der Waals surface area contributed by atoms with E-state index in [0.717, 1.165) is 6.08 Å². The molecule has 2 N–H and O–H groups in total. The van der Waals surface area contributed by atoms with Gasteiger partial charge < -0.3 is 5.73 Å². The molecular formula is C3H5MnNO. The fourth-order valence-corrected chi connectivity index (χ4v) is 0. The van der Waals surface area contributed by atoms with E-state index in [0.29, 0.717) is 0 Å². The minimum Gasteiger partial charge on any atom is -0.366 e. The molecule has 0 aliphatic heterocycles. The smallest absolute Gasteiger partial charge is 0.240 e. The zero-order valence-corrected chi connectivity index (χ0v) is 4.33. The van der Waals surface area contributed by atoms with Crippen molar-refractivity contribution in [3.05, 3.63) is 12.7 Å². The van der Waals surface area contributed by atoms with Gasteiger partial charge in [-0.2, -0.15) is 0 Å². The fraction of sp³-hybridized carbons (Fsp3) is 0. The number of nitrogens with two attached hydrogens (primary N) is 1. The molecule has 6 heavy (non-hydrogen) atoms. The first-order valence-electron chi connectivity index (χ1n) is 1.19. The van der Waals surface area contributed by atoms with E-state index in [1.54, 1.807) is 0 Å². The molecule has 0 aromatic rings. The van der Waals surface area contributed by atoms with E-state index >= 15 is 0 Å². The van der Waals surface area contributed by atoms with Gasteiger partial charge in [0.15, 0.2) is 0 Å². The van der Waals surface area contributed by atoms with E-state index < -0.39 is 5.91 Å². The van der Waals surface area contributed by atoms with Crippen molar-refractivity contribution in [3.8, 4) is 0 Å². The SMILES string of the molecule is C=CC(N)=O.[Mn]. The molecule has 0 bridgehead atoms. The van der Waals surface area contributed by atoms with Gasteiger partial charge in [-0.25, -0.2) is 0 Å². The molecule has 2 nitrogen and oxygen atoms in total. The molecule has 0 saturated heterocycles. The van der Waals surface area contributed by atoms with Crippen molar-refractivity contribution in [1.82, 2.24) is 0 Å². The van der Waals surface area contributed by atoms with E-state index in [1.807, 2.05) is 0 Å². The summed E-state index contributed by atoms with van der Waals surface area (Å²) >= 11 is 0. The first kappa shape index (κ1) is 9.21. The summed E-state index contributed by atoms with van der Waals surface area (Å²) < 4.78 is 0. The Bertz CT molecular complexity index is 61.8. The normalized spacial score (nSPS) is 5.33. The van der Waals surface area contributed by atoms with Gasteiger partial charge in [0, 0.05) is 17.1 Å². The molecular weight excluding hydrogens is 121 g/mol. The van der Waals surface area contributed by atoms with Crippen LogP contribution in [0.5, 0.6) is 0 Å². The Morgan fingerprint density at radius 1 is 1.83 bits per heavy atom. The Morgan fingerprint density at radius 3 is 2.00 bits per heavy atom. The molecule has 0 aliphatic rings. The second-order valence-electron chi connectivity index (χ2n) is 0.606. The van der Waals surface area contributed by atoms with Crippen LogP contribution in [0.2, 0.25) is 0 Å². The molecule has 0 aromatic carbocycles. The van der Waals surface area contributed by atoms with Crippen LogP contribution in [0.3, 0.4) is 0 Å². The van der Waals surface area contributed by atoms with Gasteiger partial charge in [0.05, 0.1) is 0 Å². The van der Waals surface area contributed by atoms with Crippen LogP contribution in [0.1, 0.15) is 0 Å². The number of carbonyl (C=O) groups is 1. The first-order valence-corrected chi connectivity index (χ1v) is 1.19. The van der Waals surface area contributed by atoms with Gasteiger partial charge in [0.2, 0.25) is 5.91 Å². The third kappa shape index (κ3) is 9.29. The second kappa shape index (κ2) is 4.73. The number of amides is 1. The van der Waals surface area contributed by atoms with Gasteiger partial charge >= 0.3 is 0 Å². The van der Waals surface area contributed by atoms with E-state index in [9.17, 15) is 4.79 Å². The Kier molecular flexibility index (Phi) is 7.26. The molecule has 0 aromatic heterocycles. The van der Waals surface area contributed by atoms with Crippen LogP contribution < -0.4 is 5.73 Å². The number of hydrogen-bond acceptors (Lipinski definition) is 1. The molecule has 0 fully saturated rings. The maximum atomic E-state index is 9.47. The predicted molar refractivity (Wildman–Crippen MR) is 19.4 cm³/mol. The molecule has 0 spiro atoms. The summed E-state index contributed by atoms with van der Waals surface area (Å²) in [5.74, 6) is -0.481. The maximum absolute atomic E-state index is 9.47. The topological polar surface area (TPSA) is 43.1 Å². The zero-order chi connectivity index (χ0) is 4.28. The van der Waals surface area contributed by atoms with Crippen molar-refractivity contribution in [2.45, 2.75) is 0 Å². The number of rotatable bonds is 1. The van der Waals surface area contributed by atoms with Crippen LogP contribution in [0.15, 0.2) is 12.7 Å². The summed E-state index contributed by atoms with van der Waals surface area (Å²) in [6, 6.07) is 0. The monoisotopic (exact) mass is 126 g/mol. The molecule has 0 atom stereocenters. The first-order chi connectivity index (χ1) is 2.27. The van der Waals surface area contributed by atoms with Crippen LogP contribution >= 0.6 is 0 Å². The van der Waals surface area contributed by atoms with Crippen molar-refractivity contribution in [3.63, 3.8) is 0 Å². The summed E-state index contributed by atoms with van der Waals surface area (Å²) in [4.78, 5) is 9.47. The fourth-order valence-electron chi connectivity index (χ4n) is 0. The molecule has 35 valence electrons. The minimum atomic E-state index is -0.481. The van der Waals surface area contributed by atoms with Gasteiger partial charge in [0.25, 0.3) is 0 Å². The van der Waals surface area contributed by atoms with Crippen molar-refractivity contribution < 1.29 is 21.9 Å². The number of primary amides is 1. The quantitative estimate of drug-likeness (QED) is 0.379. The average molecular weight is 126 g/mol. The maximum Gasteiger partial charge on any atom is 0.240 e. The Balaban J connectivity index is 0.